The number of rotatable bonds is 7. The Bertz CT molecular complexity index is 1240. The van der Waals surface area contributed by atoms with E-state index in [0.717, 1.165) is 66.1 Å². The van der Waals surface area contributed by atoms with Crippen molar-refractivity contribution in [3.63, 3.8) is 0 Å². The van der Waals surface area contributed by atoms with Crippen LogP contribution < -0.4 is 9.47 Å². The topological polar surface area (TPSA) is 62.2 Å². The number of fused-ring (bicyclic) bond motifs is 1. The Morgan fingerprint density at radius 1 is 1.03 bits per heavy atom. The number of phenolic OH excluding ortho intramolecular Hbond substituents is 2. The van der Waals surface area contributed by atoms with Crippen molar-refractivity contribution in [2.45, 2.75) is 25.9 Å². The van der Waals surface area contributed by atoms with Gasteiger partial charge in [-0.1, -0.05) is 24.3 Å². The summed E-state index contributed by atoms with van der Waals surface area (Å²) in [6, 6.07) is 20.1. The Balaban J connectivity index is 1.35. The molecule has 0 spiro atoms. The number of phenols is 2. The Hall–Kier alpha value is -3.51. The Morgan fingerprint density at radius 3 is 2.61 bits per heavy atom. The van der Waals surface area contributed by atoms with Gasteiger partial charge in [0.1, 0.15) is 35.7 Å². The van der Waals surface area contributed by atoms with Crippen molar-refractivity contribution < 1.29 is 24.1 Å². The van der Waals surface area contributed by atoms with Crippen molar-refractivity contribution >= 4 is 11.1 Å². The van der Waals surface area contributed by atoms with Crippen LogP contribution in [-0.2, 0) is 0 Å². The number of piperidine rings is 1. The zero-order valence-corrected chi connectivity index (χ0v) is 20.5. The van der Waals surface area contributed by atoms with E-state index in [1.54, 1.807) is 30.3 Å². The van der Waals surface area contributed by atoms with Gasteiger partial charge in [-0.05, 0) is 85.5 Å². The molecule has 3 aromatic carbocycles. The normalized spacial score (nSPS) is 20.1. The summed E-state index contributed by atoms with van der Waals surface area (Å²) in [4.78, 5) is 2.28. The van der Waals surface area contributed by atoms with Gasteiger partial charge in [-0.2, -0.15) is 0 Å². The van der Waals surface area contributed by atoms with Crippen LogP contribution in [0.15, 0.2) is 66.7 Å². The molecular weight excluding hydrogens is 457 g/mol. The fourth-order valence-electron chi connectivity index (χ4n) is 5.23. The minimum atomic E-state index is -0.385. The minimum absolute atomic E-state index is 0.153. The molecule has 0 amide bonds. The number of allylic oxidation sites excluding steroid dienone is 1. The van der Waals surface area contributed by atoms with Crippen molar-refractivity contribution in [3.8, 4) is 23.0 Å². The van der Waals surface area contributed by atoms with Crippen LogP contribution in [0.5, 0.6) is 23.0 Å². The van der Waals surface area contributed by atoms with Gasteiger partial charge in [0.2, 0.25) is 0 Å². The predicted molar refractivity (Wildman–Crippen MR) is 139 cm³/mol. The van der Waals surface area contributed by atoms with E-state index in [1.807, 2.05) is 43.3 Å². The first-order valence-corrected chi connectivity index (χ1v) is 12.5. The second-order valence-corrected chi connectivity index (χ2v) is 9.65. The van der Waals surface area contributed by atoms with E-state index in [4.69, 9.17) is 9.47 Å². The molecule has 1 fully saturated rings. The Labute approximate surface area is 211 Å². The van der Waals surface area contributed by atoms with Gasteiger partial charge in [0, 0.05) is 30.1 Å². The molecule has 2 aliphatic rings. The van der Waals surface area contributed by atoms with Crippen molar-refractivity contribution in [2.24, 2.45) is 5.92 Å². The van der Waals surface area contributed by atoms with E-state index in [9.17, 15) is 14.6 Å². The summed E-state index contributed by atoms with van der Waals surface area (Å²) in [5, 5.41) is 20.2. The lowest BCUT2D eigenvalue weighted by Crippen LogP contribution is -2.38. The summed E-state index contributed by atoms with van der Waals surface area (Å²) in [6.07, 6.45) is 1.63. The van der Waals surface area contributed by atoms with Crippen molar-refractivity contribution in [3.05, 3.63) is 83.4 Å². The molecule has 2 atom stereocenters. The number of benzene rings is 3. The monoisotopic (exact) mass is 489 g/mol. The van der Waals surface area contributed by atoms with Crippen LogP contribution in [0.4, 0.5) is 4.39 Å². The summed E-state index contributed by atoms with van der Waals surface area (Å²) in [5.41, 5.74) is 4.57. The van der Waals surface area contributed by atoms with Gasteiger partial charge in [-0.3, -0.25) is 9.29 Å². The van der Waals surface area contributed by atoms with E-state index in [-0.39, 0.29) is 30.2 Å². The number of ether oxygens (including phenoxy) is 2. The average Bonchev–Trinajstić information content (AvgIpc) is 2.89. The molecule has 5 nitrogen and oxygen atoms in total. The summed E-state index contributed by atoms with van der Waals surface area (Å²) >= 11 is 0. The quantitative estimate of drug-likeness (QED) is 0.412. The number of nitrogens with zero attached hydrogens (tertiary/aromatic N) is 1. The Kier molecular flexibility index (Phi) is 7.14. The van der Waals surface area contributed by atoms with Gasteiger partial charge in [0.25, 0.3) is 0 Å². The first-order valence-electron chi connectivity index (χ1n) is 12.5. The maximum Gasteiger partial charge on any atom is 0.150 e. The van der Waals surface area contributed by atoms with Crippen LogP contribution in [0.1, 0.15) is 42.6 Å². The predicted octanol–water partition coefficient (Wildman–Crippen LogP) is 6.22. The number of halogens is 1. The zero-order chi connectivity index (χ0) is 25.1. The Morgan fingerprint density at radius 2 is 1.83 bits per heavy atom. The van der Waals surface area contributed by atoms with Crippen LogP contribution >= 0.6 is 0 Å². The summed E-state index contributed by atoms with van der Waals surface area (Å²) in [6.45, 7) is 4.92. The summed E-state index contributed by atoms with van der Waals surface area (Å²) in [7, 11) is 0. The van der Waals surface area contributed by atoms with Gasteiger partial charge < -0.3 is 19.7 Å². The molecule has 2 aliphatic heterocycles. The second kappa shape index (κ2) is 10.6. The third kappa shape index (κ3) is 5.19. The summed E-state index contributed by atoms with van der Waals surface area (Å²) < 4.78 is 25.4. The number of hydrogen-bond acceptors (Lipinski definition) is 5. The molecule has 0 radical (unpaired) electrons. The van der Waals surface area contributed by atoms with E-state index in [2.05, 4.69) is 4.90 Å². The van der Waals surface area contributed by atoms with Crippen molar-refractivity contribution in [1.29, 1.82) is 0 Å². The first-order chi connectivity index (χ1) is 17.5. The van der Waals surface area contributed by atoms with Crippen molar-refractivity contribution in [2.75, 3.05) is 32.9 Å². The molecule has 0 aromatic heterocycles. The summed E-state index contributed by atoms with van der Waals surface area (Å²) in [5.74, 6) is 1.99. The SMILES string of the molecule is CC1=C(c2cccc(O)c2)C(c2ccc(OCCN3CCCC(CF)C3)cc2)Oc2ccc(O)cc21. The molecule has 0 saturated carbocycles. The van der Waals surface area contributed by atoms with Crippen LogP contribution in [-0.4, -0.2) is 48.0 Å². The highest BCUT2D eigenvalue weighted by Crippen LogP contribution is 2.47. The molecule has 2 N–H and O–H groups in total. The number of alkyl halides is 1. The van der Waals surface area contributed by atoms with Gasteiger partial charge >= 0.3 is 0 Å². The minimum Gasteiger partial charge on any atom is -0.508 e. The molecule has 2 heterocycles. The van der Waals surface area contributed by atoms with Gasteiger partial charge in [0.05, 0.1) is 6.67 Å². The second-order valence-electron chi connectivity index (χ2n) is 9.65. The van der Waals surface area contributed by atoms with E-state index >= 15 is 0 Å². The van der Waals surface area contributed by atoms with E-state index in [0.29, 0.717) is 12.4 Å². The fraction of sp³-hybridized carbons (Fsp3) is 0.333. The zero-order valence-electron chi connectivity index (χ0n) is 20.5. The fourth-order valence-corrected chi connectivity index (χ4v) is 5.23. The number of hydrogen-bond donors (Lipinski definition) is 2. The molecule has 6 heteroatoms. The van der Waals surface area contributed by atoms with Gasteiger partial charge in [0.15, 0.2) is 0 Å². The largest absolute Gasteiger partial charge is 0.508 e. The highest BCUT2D eigenvalue weighted by molar-refractivity contribution is 5.95. The first kappa shape index (κ1) is 24.2. The smallest absolute Gasteiger partial charge is 0.150 e. The van der Waals surface area contributed by atoms with Gasteiger partial charge in [-0.15, -0.1) is 0 Å². The molecule has 5 rings (SSSR count). The molecule has 0 bridgehead atoms. The highest BCUT2D eigenvalue weighted by Gasteiger charge is 2.29. The molecular formula is C30H32FNO4. The molecule has 1 saturated heterocycles. The molecule has 188 valence electrons. The van der Waals surface area contributed by atoms with Crippen LogP contribution in [0.25, 0.3) is 11.1 Å². The van der Waals surface area contributed by atoms with Crippen molar-refractivity contribution in [1.82, 2.24) is 4.90 Å². The lowest BCUT2D eigenvalue weighted by atomic mass is 9.86. The lowest BCUT2D eigenvalue weighted by Gasteiger charge is -2.31. The van der Waals surface area contributed by atoms with Crippen LogP contribution in [0, 0.1) is 5.92 Å². The van der Waals surface area contributed by atoms with Crippen LogP contribution in [0.2, 0.25) is 0 Å². The molecule has 0 aliphatic carbocycles. The maximum absolute atomic E-state index is 13.0. The number of aromatic hydroxyl groups is 2. The van der Waals surface area contributed by atoms with Gasteiger partial charge in [-0.25, -0.2) is 0 Å². The molecule has 2 unspecified atom stereocenters. The standard InChI is InChI=1S/C30H32FNO4/c1-20-27-17-25(34)9-12-28(27)36-30(29(20)23-5-2-6-24(33)16-23)22-7-10-26(11-8-22)35-15-14-32-13-3-4-21(18-31)19-32/h2,5-12,16-17,21,30,33-34H,3-4,13-15,18-19H2,1H3. The van der Waals surface area contributed by atoms with E-state index in [1.165, 1.54) is 0 Å². The third-order valence-electron chi connectivity index (χ3n) is 7.12. The third-order valence-corrected chi connectivity index (χ3v) is 7.12. The average molecular weight is 490 g/mol. The molecule has 3 aromatic rings. The molecule has 36 heavy (non-hydrogen) atoms. The van der Waals surface area contributed by atoms with E-state index < -0.39 is 0 Å². The maximum atomic E-state index is 13.0. The lowest BCUT2D eigenvalue weighted by molar-refractivity contribution is 0.132. The highest BCUT2D eigenvalue weighted by atomic mass is 19.1. The van der Waals surface area contributed by atoms with Crippen LogP contribution in [0.3, 0.4) is 0 Å². The number of likely N-dealkylation sites (tertiary alicyclic amines) is 1.